The second kappa shape index (κ2) is 4.60. The molecule has 2 aliphatic rings. The molecule has 2 heterocycles. The molecule has 2 bridgehead atoms. The SMILES string of the molecule is Cc1ccc(C2=CC3CCC(C2)S3(=O)=O)cc1C(F)(F)F. The molecule has 2 aliphatic heterocycles. The summed E-state index contributed by atoms with van der Waals surface area (Å²) in [5.41, 5.74) is 0.738. The second-order valence-electron chi connectivity index (χ2n) is 5.75. The van der Waals surface area contributed by atoms with E-state index in [2.05, 4.69) is 0 Å². The van der Waals surface area contributed by atoms with Crippen molar-refractivity contribution in [2.24, 2.45) is 0 Å². The van der Waals surface area contributed by atoms with Crippen molar-refractivity contribution in [3.63, 3.8) is 0 Å². The molecule has 1 aromatic rings. The van der Waals surface area contributed by atoms with Crippen molar-refractivity contribution >= 4 is 15.4 Å². The van der Waals surface area contributed by atoms with Crippen LogP contribution in [-0.2, 0) is 16.0 Å². The Labute approximate surface area is 121 Å². The van der Waals surface area contributed by atoms with E-state index in [0.717, 1.165) is 11.6 Å². The zero-order chi connectivity index (χ0) is 15.4. The highest BCUT2D eigenvalue weighted by Crippen LogP contribution is 2.42. The van der Waals surface area contributed by atoms with E-state index in [1.165, 1.54) is 13.0 Å². The first-order valence-electron chi connectivity index (χ1n) is 6.81. The fourth-order valence-electron chi connectivity index (χ4n) is 3.20. The minimum absolute atomic E-state index is 0.179. The molecule has 21 heavy (non-hydrogen) atoms. The van der Waals surface area contributed by atoms with Gasteiger partial charge in [0.25, 0.3) is 0 Å². The van der Waals surface area contributed by atoms with Crippen LogP contribution in [0.3, 0.4) is 0 Å². The van der Waals surface area contributed by atoms with Crippen LogP contribution >= 0.6 is 0 Å². The smallest absolute Gasteiger partial charge is 0.228 e. The van der Waals surface area contributed by atoms with Crippen LogP contribution in [0.5, 0.6) is 0 Å². The normalized spacial score (nSPS) is 27.5. The Morgan fingerprint density at radius 1 is 1.19 bits per heavy atom. The Balaban J connectivity index is 2.04. The summed E-state index contributed by atoms with van der Waals surface area (Å²) in [6.45, 7) is 1.43. The summed E-state index contributed by atoms with van der Waals surface area (Å²) in [7, 11) is -3.12. The van der Waals surface area contributed by atoms with E-state index in [1.54, 1.807) is 12.1 Å². The lowest BCUT2D eigenvalue weighted by molar-refractivity contribution is -0.138. The molecule has 0 radical (unpaired) electrons. The van der Waals surface area contributed by atoms with Crippen molar-refractivity contribution < 1.29 is 21.6 Å². The van der Waals surface area contributed by atoms with Gasteiger partial charge in [0.1, 0.15) is 0 Å². The van der Waals surface area contributed by atoms with Gasteiger partial charge in [-0.2, -0.15) is 13.2 Å². The van der Waals surface area contributed by atoms with Gasteiger partial charge < -0.3 is 0 Å². The molecule has 0 spiro atoms. The van der Waals surface area contributed by atoms with E-state index >= 15 is 0 Å². The van der Waals surface area contributed by atoms with E-state index in [9.17, 15) is 21.6 Å². The summed E-state index contributed by atoms with van der Waals surface area (Å²) in [6.07, 6.45) is -1.25. The Morgan fingerprint density at radius 3 is 2.52 bits per heavy atom. The lowest BCUT2D eigenvalue weighted by atomic mass is 9.96. The van der Waals surface area contributed by atoms with Crippen LogP contribution in [-0.4, -0.2) is 18.9 Å². The summed E-state index contributed by atoms with van der Waals surface area (Å²) >= 11 is 0. The number of halogens is 3. The van der Waals surface area contributed by atoms with Gasteiger partial charge in [-0.05, 0) is 49.0 Å². The van der Waals surface area contributed by atoms with E-state index in [1.807, 2.05) is 0 Å². The van der Waals surface area contributed by atoms with Crippen LogP contribution in [0.4, 0.5) is 13.2 Å². The van der Waals surface area contributed by atoms with Crippen LogP contribution in [0.2, 0.25) is 0 Å². The average molecular weight is 316 g/mol. The molecule has 2 atom stereocenters. The Hall–Kier alpha value is -1.30. The molecular weight excluding hydrogens is 301 g/mol. The van der Waals surface area contributed by atoms with E-state index in [-0.39, 0.29) is 5.56 Å². The number of alkyl halides is 3. The fourth-order valence-corrected chi connectivity index (χ4v) is 5.39. The molecule has 1 aromatic carbocycles. The van der Waals surface area contributed by atoms with Gasteiger partial charge in [0.2, 0.25) is 0 Å². The number of aryl methyl sites for hydroxylation is 1. The number of allylic oxidation sites excluding steroid dienone is 1. The highest BCUT2D eigenvalue weighted by atomic mass is 32.2. The molecule has 1 fully saturated rings. The summed E-state index contributed by atoms with van der Waals surface area (Å²) in [4.78, 5) is 0. The fraction of sp³-hybridized carbons (Fsp3) is 0.467. The molecule has 2 nitrogen and oxygen atoms in total. The maximum absolute atomic E-state index is 13.0. The predicted molar refractivity (Wildman–Crippen MR) is 74.5 cm³/mol. The van der Waals surface area contributed by atoms with E-state index in [0.29, 0.717) is 24.8 Å². The summed E-state index contributed by atoms with van der Waals surface area (Å²) < 4.78 is 62.9. The third kappa shape index (κ3) is 2.39. The van der Waals surface area contributed by atoms with Crippen LogP contribution in [0, 0.1) is 6.92 Å². The largest absolute Gasteiger partial charge is 0.416 e. The molecule has 3 rings (SSSR count). The monoisotopic (exact) mass is 316 g/mol. The standard InChI is InChI=1S/C15H15F3O2S/c1-9-2-3-10(8-14(9)15(16,17)18)11-6-12-4-5-13(7-11)21(12,19)20/h2-3,6,8,12-13H,4-5,7H2,1H3. The molecule has 1 saturated heterocycles. The average Bonchev–Trinajstić information content (AvgIpc) is 2.57. The summed E-state index contributed by atoms with van der Waals surface area (Å²) in [5, 5.41) is -0.958. The molecule has 0 saturated carbocycles. The predicted octanol–water partition coefficient (Wildman–Crippen LogP) is 3.75. The van der Waals surface area contributed by atoms with Crippen molar-refractivity contribution in [1.29, 1.82) is 0 Å². The number of hydrogen-bond acceptors (Lipinski definition) is 2. The first-order chi connectivity index (χ1) is 9.69. The molecule has 2 unspecified atom stereocenters. The minimum Gasteiger partial charge on any atom is -0.228 e. The second-order valence-corrected chi connectivity index (χ2v) is 8.20. The first kappa shape index (κ1) is 14.6. The number of sulfone groups is 1. The van der Waals surface area contributed by atoms with Gasteiger partial charge in [0.05, 0.1) is 16.1 Å². The van der Waals surface area contributed by atoms with Gasteiger partial charge in [0, 0.05) is 0 Å². The van der Waals surface area contributed by atoms with Gasteiger partial charge in [0.15, 0.2) is 9.84 Å². The summed E-state index contributed by atoms with van der Waals surface area (Å²) in [6, 6.07) is 4.23. The Morgan fingerprint density at radius 2 is 1.90 bits per heavy atom. The lowest BCUT2D eigenvalue weighted by Crippen LogP contribution is -2.26. The third-order valence-electron chi connectivity index (χ3n) is 4.41. The lowest BCUT2D eigenvalue weighted by Gasteiger charge is -2.21. The van der Waals surface area contributed by atoms with Gasteiger partial charge in [-0.1, -0.05) is 18.2 Å². The van der Waals surface area contributed by atoms with Gasteiger partial charge >= 0.3 is 6.18 Å². The van der Waals surface area contributed by atoms with E-state index in [4.69, 9.17) is 0 Å². The highest BCUT2D eigenvalue weighted by molar-refractivity contribution is 7.93. The number of rotatable bonds is 1. The van der Waals surface area contributed by atoms with Gasteiger partial charge in [-0.3, -0.25) is 0 Å². The molecule has 0 aromatic heterocycles. The van der Waals surface area contributed by atoms with Crippen LogP contribution in [0.1, 0.15) is 36.0 Å². The number of fused-ring (bicyclic) bond motifs is 2. The number of hydrogen-bond donors (Lipinski definition) is 0. The van der Waals surface area contributed by atoms with Crippen molar-refractivity contribution in [3.8, 4) is 0 Å². The Bertz CT molecular complexity index is 717. The maximum Gasteiger partial charge on any atom is 0.416 e. The molecule has 6 heteroatoms. The van der Waals surface area contributed by atoms with Crippen LogP contribution in [0.25, 0.3) is 5.57 Å². The molecular formula is C15H15F3O2S. The van der Waals surface area contributed by atoms with Crippen LogP contribution in [0.15, 0.2) is 24.3 Å². The van der Waals surface area contributed by atoms with Gasteiger partial charge in [-0.25, -0.2) is 8.42 Å². The molecule has 114 valence electrons. The minimum atomic E-state index is -4.39. The van der Waals surface area contributed by atoms with Crippen molar-refractivity contribution in [2.45, 2.75) is 42.9 Å². The zero-order valence-corrected chi connectivity index (χ0v) is 12.3. The van der Waals surface area contributed by atoms with Crippen LogP contribution < -0.4 is 0 Å². The van der Waals surface area contributed by atoms with Crippen molar-refractivity contribution in [3.05, 3.63) is 41.0 Å². The third-order valence-corrected chi connectivity index (χ3v) is 6.96. The topological polar surface area (TPSA) is 34.1 Å². The summed E-state index contributed by atoms with van der Waals surface area (Å²) in [5.74, 6) is 0. The van der Waals surface area contributed by atoms with E-state index < -0.39 is 32.1 Å². The first-order valence-corrected chi connectivity index (χ1v) is 8.42. The quantitative estimate of drug-likeness (QED) is 0.791. The molecule has 0 N–H and O–H groups in total. The highest BCUT2D eigenvalue weighted by Gasteiger charge is 2.43. The Kier molecular flexibility index (Phi) is 3.20. The number of benzene rings is 1. The molecule has 0 amide bonds. The molecule has 0 aliphatic carbocycles. The van der Waals surface area contributed by atoms with Crippen molar-refractivity contribution in [1.82, 2.24) is 0 Å². The maximum atomic E-state index is 13.0. The van der Waals surface area contributed by atoms with Gasteiger partial charge in [-0.15, -0.1) is 0 Å². The zero-order valence-electron chi connectivity index (χ0n) is 11.4. The van der Waals surface area contributed by atoms with Crippen molar-refractivity contribution in [2.75, 3.05) is 0 Å².